The van der Waals surface area contributed by atoms with Crippen molar-refractivity contribution in [3.05, 3.63) is 54.3 Å². The van der Waals surface area contributed by atoms with E-state index in [0.717, 1.165) is 18.8 Å². The highest BCUT2D eigenvalue weighted by Crippen LogP contribution is 2.17. The van der Waals surface area contributed by atoms with Crippen LogP contribution < -0.4 is 15.4 Å². The first-order valence-electron chi connectivity index (χ1n) is 7.88. The molecule has 0 spiro atoms. The van der Waals surface area contributed by atoms with Crippen molar-refractivity contribution in [3.63, 3.8) is 0 Å². The van der Waals surface area contributed by atoms with E-state index in [-0.39, 0.29) is 18.3 Å². The number of anilines is 2. The molecule has 126 valence electrons. The molecule has 1 aliphatic rings. The normalized spacial score (nSPS) is 14.5. The molecule has 0 aliphatic carbocycles. The lowest BCUT2D eigenvalue weighted by molar-refractivity contribution is -0.133. The number of halogens is 1. The van der Waals surface area contributed by atoms with Gasteiger partial charge >= 0.3 is 0 Å². The lowest BCUT2D eigenvalue weighted by Gasteiger charge is -2.36. The predicted octanol–water partition coefficient (Wildman–Crippen LogP) is 2.14. The minimum absolute atomic E-state index is 0.0144. The first-order valence-corrected chi connectivity index (χ1v) is 7.88. The molecule has 0 bridgehead atoms. The number of piperazine rings is 1. The summed E-state index contributed by atoms with van der Waals surface area (Å²) in [6.45, 7) is 2.71. The van der Waals surface area contributed by atoms with Crippen LogP contribution in [0.1, 0.15) is 0 Å². The summed E-state index contributed by atoms with van der Waals surface area (Å²) in [4.78, 5) is 16.2. The Labute approximate surface area is 140 Å². The average Bonchev–Trinajstić information content (AvgIpc) is 2.62. The average molecular weight is 329 g/mol. The minimum Gasteiger partial charge on any atom is -0.484 e. The van der Waals surface area contributed by atoms with Crippen LogP contribution in [0.25, 0.3) is 0 Å². The van der Waals surface area contributed by atoms with Crippen LogP contribution in [0, 0.1) is 5.82 Å². The van der Waals surface area contributed by atoms with Gasteiger partial charge in [0, 0.05) is 37.6 Å². The number of hydrogen-bond acceptors (Lipinski definition) is 4. The van der Waals surface area contributed by atoms with Crippen LogP contribution in [0.15, 0.2) is 48.5 Å². The number of hydrogen-bond donors (Lipinski definition) is 1. The van der Waals surface area contributed by atoms with Crippen LogP contribution in [0.5, 0.6) is 5.75 Å². The second-order valence-electron chi connectivity index (χ2n) is 5.70. The fraction of sp³-hybridized carbons (Fsp3) is 0.278. The van der Waals surface area contributed by atoms with Gasteiger partial charge in [-0.25, -0.2) is 4.39 Å². The van der Waals surface area contributed by atoms with Crippen LogP contribution in [-0.2, 0) is 4.79 Å². The Hall–Kier alpha value is -2.76. The molecule has 1 heterocycles. The fourth-order valence-corrected chi connectivity index (χ4v) is 2.67. The van der Waals surface area contributed by atoms with E-state index < -0.39 is 0 Å². The zero-order valence-corrected chi connectivity index (χ0v) is 13.3. The SMILES string of the molecule is Nc1ccc(OCC(=O)N2CCN(c3ccc(F)cc3)CC2)cc1. The van der Waals surface area contributed by atoms with E-state index in [1.54, 1.807) is 41.3 Å². The summed E-state index contributed by atoms with van der Waals surface area (Å²) in [5, 5.41) is 0. The van der Waals surface area contributed by atoms with Crippen molar-refractivity contribution in [2.75, 3.05) is 43.4 Å². The van der Waals surface area contributed by atoms with Crippen molar-refractivity contribution in [3.8, 4) is 5.75 Å². The number of nitrogens with zero attached hydrogens (tertiary/aromatic N) is 2. The van der Waals surface area contributed by atoms with E-state index >= 15 is 0 Å². The van der Waals surface area contributed by atoms with Gasteiger partial charge in [-0.1, -0.05) is 0 Å². The van der Waals surface area contributed by atoms with Gasteiger partial charge in [0.05, 0.1) is 0 Å². The molecule has 5 nitrogen and oxygen atoms in total. The largest absolute Gasteiger partial charge is 0.484 e. The highest BCUT2D eigenvalue weighted by atomic mass is 19.1. The lowest BCUT2D eigenvalue weighted by Crippen LogP contribution is -2.50. The predicted molar refractivity (Wildman–Crippen MR) is 91.5 cm³/mol. The Balaban J connectivity index is 1.48. The van der Waals surface area contributed by atoms with Gasteiger partial charge in [-0.15, -0.1) is 0 Å². The third-order valence-electron chi connectivity index (χ3n) is 4.07. The van der Waals surface area contributed by atoms with Crippen molar-refractivity contribution < 1.29 is 13.9 Å². The summed E-state index contributed by atoms with van der Waals surface area (Å²) in [5.74, 6) is 0.348. The molecule has 1 aliphatic heterocycles. The van der Waals surface area contributed by atoms with Gasteiger partial charge in [-0.05, 0) is 48.5 Å². The zero-order valence-electron chi connectivity index (χ0n) is 13.3. The van der Waals surface area contributed by atoms with Crippen LogP contribution in [0.4, 0.5) is 15.8 Å². The number of carbonyl (C=O) groups excluding carboxylic acids is 1. The van der Waals surface area contributed by atoms with Gasteiger partial charge in [0.15, 0.2) is 6.61 Å². The Morgan fingerprint density at radius 3 is 2.25 bits per heavy atom. The van der Waals surface area contributed by atoms with Crippen LogP contribution in [0.3, 0.4) is 0 Å². The number of nitrogens with two attached hydrogens (primary N) is 1. The van der Waals surface area contributed by atoms with E-state index in [1.165, 1.54) is 12.1 Å². The molecule has 0 aromatic heterocycles. The summed E-state index contributed by atoms with van der Waals surface area (Å²) in [7, 11) is 0. The van der Waals surface area contributed by atoms with E-state index in [9.17, 15) is 9.18 Å². The molecule has 24 heavy (non-hydrogen) atoms. The number of rotatable bonds is 4. The van der Waals surface area contributed by atoms with Crippen molar-refractivity contribution in [1.29, 1.82) is 0 Å². The first kappa shape index (κ1) is 16.1. The molecule has 3 rings (SSSR count). The molecule has 2 N–H and O–H groups in total. The first-order chi connectivity index (χ1) is 11.6. The van der Waals surface area contributed by atoms with E-state index in [0.29, 0.717) is 24.5 Å². The topological polar surface area (TPSA) is 58.8 Å². The Morgan fingerprint density at radius 1 is 1.00 bits per heavy atom. The molecular formula is C18H20FN3O2. The summed E-state index contributed by atoms with van der Waals surface area (Å²) in [5.41, 5.74) is 7.24. The lowest BCUT2D eigenvalue weighted by atomic mass is 10.2. The molecule has 2 aromatic rings. The van der Waals surface area contributed by atoms with Gasteiger partial charge in [-0.2, -0.15) is 0 Å². The van der Waals surface area contributed by atoms with E-state index in [1.807, 2.05) is 0 Å². The molecule has 1 fully saturated rings. The quantitative estimate of drug-likeness (QED) is 0.873. The standard InChI is InChI=1S/C18H20FN3O2/c19-14-1-5-16(6-2-14)21-9-11-22(12-10-21)18(23)13-24-17-7-3-15(20)4-8-17/h1-8H,9-13,20H2. The smallest absolute Gasteiger partial charge is 0.260 e. The van der Waals surface area contributed by atoms with Gasteiger partial charge < -0.3 is 20.3 Å². The highest BCUT2D eigenvalue weighted by molar-refractivity contribution is 5.78. The molecule has 0 atom stereocenters. The monoisotopic (exact) mass is 329 g/mol. The molecule has 0 radical (unpaired) electrons. The molecule has 2 aromatic carbocycles. The van der Waals surface area contributed by atoms with Crippen molar-refractivity contribution in [1.82, 2.24) is 4.90 Å². The van der Waals surface area contributed by atoms with Crippen molar-refractivity contribution >= 4 is 17.3 Å². The third kappa shape index (κ3) is 3.95. The van der Waals surface area contributed by atoms with Crippen LogP contribution in [0.2, 0.25) is 0 Å². The Kier molecular flexibility index (Phi) is 4.84. The number of benzene rings is 2. The fourth-order valence-electron chi connectivity index (χ4n) is 2.67. The van der Waals surface area contributed by atoms with E-state index in [4.69, 9.17) is 10.5 Å². The van der Waals surface area contributed by atoms with Gasteiger partial charge in [0.1, 0.15) is 11.6 Å². The maximum absolute atomic E-state index is 13.0. The number of ether oxygens (including phenoxy) is 1. The third-order valence-corrected chi connectivity index (χ3v) is 4.07. The van der Waals surface area contributed by atoms with Crippen LogP contribution in [-0.4, -0.2) is 43.6 Å². The summed E-state index contributed by atoms with van der Waals surface area (Å²) in [6.07, 6.45) is 0. The number of carbonyl (C=O) groups is 1. The number of nitrogen functional groups attached to an aromatic ring is 1. The van der Waals surface area contributed by atoms with Crippen molar-refractivity contribution in [2.24, 2.45) is 0 Å². The molecular weight excluding hydrogens is 309 g/mol. The highest BCUT2D eigenvalue weighted by Gasteiger charge is 2.21. The maximum Gasteiger partial charge on any atom is 0.260 e. The molecule has 6 heteroatoms. The van der Waals surface area contributed by atoms with Crippen LogP contribution >= 0.6 is 0 Å². The minimum atomic E-state index is -0.243. The second kappa shape index (κ2) is 7.21. The van der Waals surface area contributed by atoms with Gasteiger partial charge in [0.2, 0.25) is 0 Å². The molecule has 0 saturated carbocycles. The maximum atomic E-state index is 13.0. The summed E-state index contributed by atoms with van der Waals surface area (Å²) >= 11 is 0. The van der Waals surface area contributed by atoms with Crippen molar-refractivity contribution in [2.45, 2.75) is 0 Å². The molecule has 1 amide bonds. The van der Waals surface area contributed by atoms with Gasteiger partial charge in [0.25, 0.3) is 5.91 Å². The summed E-state index contributed by atoms with van der Waals surface area (Å²) < 4.78 is 18.5. The number of amides is 1. The van der Waals surface area contributed by atoms with Gasteiger partial charge in [-0.3, -0.25) is 4.79 Å². The Morgan fingerprint density at radius 2 is 1.62 bits per heavy atom. The second-order valence-corrected chi connectivity index (χ2v) is 5.70. The summed E-state index contributed by atoms with van der Waals surface area (Å²) in [6, 6.07) is 13.4. The Bertz CT molecular complexity index is 680. The zero-order chi connectivity index (χ0) is 16.9. The molecule has 0 unspecified atom stereocenters. The van der Waals surface area contributed by atoms with E-state index in [2.05, 4.69) is 4.90 Å². The molecule has 1 saturated heterocycles.